The number of nitrogens with one attached hydrogen (secondary N) is 1. The van der Waals surface area contributed by atoms with Gasteiger partial charge in [-0.1, -0.05) is 20.8 Å². The second-order valence-electron chi connectivity index (χ2n) is 6.12. The molecule has 0 bridgehead atoms. The first-order chi connectivity index (χ1) is 9.25. The van der Waals surface area contributed by atoms with Crippen LogP contribution in [0.3, 0.4) is 0 Å². The van der Waals surface area contributed by atoms with Crippen LogP contribution < -0.4 is 5.32 Å². The molecule has 1 N–H and O–H groups in total. The first-order valence-corrected chi connectivity index (χ1v) is 9.28. The van der Waals surface area contributed by atoms with Gasteiger partial charge in [0.2, 0.25) is 5.91 Å². The van der Waals surface area contributed by atoms with Gasteiger partial charge in [-0.25, -0.2) is 8.42 Å². The van der Waals surface area contributed by atoms with Crippen molar-refractivity contribution in [2.45, 2.75) is 40.2 Å². The third-order valence-corrected chi connectivity index (χ3v) is 6.05. The summed E-state index contributed by atoms with van der Waals surface area (Å²) in [5.41, 5.74) is 0. The Bertz CT molecular complexity index is 420. The predicted octanol–water partition coefficient (Wildman–Crippen LogP) is 0.904. The molecule has 0 aromatic carbocycles. The van der Waals surface area contributed by atoms with Crippen LogP contribution in [0.1, 0.15) is 34.1 Å². The summed E-state index contributed by atoms with van der Waals surface area (Å²) in [6.45, 7) is 10.2. The molecule has 0 spiro atoms. The maximum absolute atomic E-state index is 12.0. The van der Waals surface area contributed by atoms with E-state index in [0.717, 1.165) is 6.54 Å². The molecule has 20 heavy (non-hydrogen) atoms. The number of hydrogen-bond donors (Lipinski definition) is 1. The molecule has 0 aromatic rings. The van der Waals surface area contributed by atoms with Crippen molar-refractivity contribution in [3.05, 3.63) is 0 Å². The molecule has 5 nitrogen and oxygen atoms in total. The predicted molar refractivity (Wildman–Crippen MR) is 81.3 cm³/mol. The summed E-state index contributed by atoms with van der Waals surface area (Å²) in [5.74, 6) is 1.06. The van der Waals surface area contributed by atoms with Crippen molar-refractivity contribution < 1.29 is 13.2 Å². The number of sulfone groups is 1. The minimum Gasteiger partial charge on any atom is -0.355 e. The summed E-state index contributed by atoms with van der Waals surface area (Å²) in [5, 5.41) is 2.88. The Balaban J connectivity index is 2.36. The van der Waals surface area contributed by atoms with Crippen molar-refractivity contribution in [1.82, 2.24) is 10.2 Å². The number of carbonyl (C=O) groups excluding carboxylic acids is 1. The molecule has 0 saturated carbocycles. The van der Waals surface area contributed by atoms with Crippen LogP contribution in [-0.2, 0) is 14.6 Å². The molecule has 2 unspecified atom stereocenters. The van der Waals surface area contributed by atoms with E-state index in [2.05, 4.69) is 37.9 Å². The number of likely N-dealkylation sites (N-methyl/N-ethyl adjacent to an activating group) is 1. The van der Waals surface area contributed by atoms with Crippen molar-refractivity contribution in [3.63, 3.8) is 0 Å². The zero-order chi connectivity index (χ0) is 15.3. The molecule has 1 fully saturated rings. The van der Waals surface area contributed by atoms with Crippen LogP contribution in [0.15, 0.2) is 0 Å². The van der Waals surface area contributed by atoms with E-state index in [-0.39, 0.29) is 23.3 Å². The van der Waals surface area contributed by atoms with Crippen LogP contribution >= 0.6 is 0 Å². The molecule has 1 rings (SSSR count). The van der Waals surface area contributed by atoms with Gasteiger partial charge in [0, 0.05) is 12.6 Å². The molecule has 0 aliphatic carbocycles. The molecule has 1 heterocycles. The van der Waals surface area contributed by atoms with Crippen LogP contribution in [-0.4, -0.2) is 56.4 Å². The van der Waals surface area contributed by atoms with Gasteiger partial charge in [-0.05, 0) is 31.7 Å². The minimum absolute atomic E-state index is 0.0105. The van der Waals surface area contributed by atoms with Gasteiger partial charge in [0.25, 0.3) is 0 Å². The average Bonchev–Trinajstić information content (AvgIpc) is 2.72. The summed E-state index contributed by atoms with van der Waals surface area (Å²) in [7, 11) is -2.86. The molecule has 1 aliphatic rings. The van der Waals surface area contributed by atoms with E-state index in [1.54, 1.807) is 0 Å². The molecule has 1 aliphatic heterocycles. The highest BCUT2D eigenvalue weighted by Gasteiger charge is 2.28. The van der Waals surface area contributed by atoms with Crippen molar-refractivity contribution in [1.29, 1.82) is 0 Å². The lowest BCUT2D eigenvalue weighted by Crippen LogP contribution is -2.44. The minimum atomic E-state index is -2.86. The molecule has 2 atom stereocenters. The van der Waals surface area contributed by atoms with E-state index in [1.165, 1.54) is 0 Å². The van der Waals surface area contributed by atoms with Crippen LogP contribution in [0.4, 0.5) is 0 Å². The van der Waals surface area contributed by atoms with Crippen molar-refractivity contribution in [2.75, 3.05) is 31.1 Å². The summed E-state index contributed by atoms with van der Waals surface area (Å²) in [6.07, 6.45) is 0.669. The van der Waals surface area contributed by atoms with Gasteiger partial charge >= 0.3 is 0 Å². The number of rotatable bonds is 7. The Labute approximate surface area is 123 Å². The number of amides is 1. The van der Waals surface area contributed by atoms with Crippen LogP contribution in [0.2, 0.25) is 0 Å². The third-order valence-electron chi connectivity index (χ3n) is 4.21. The zero-order valence-corrected chi connectivity index (χ0v) is 13.9. The van der Waals surface area contributed by atoms with Crippen LogP contribution in [0.25, 0.3) is 0 Å². The summed E-state index contributed by atoms with van der Waals surface area (Å²) >= 11 is 0. The maximum atomic E-state index is 12.0. The highest BCUT2D eigenvalue weighted by atomic mass is 32.2. The topological polar surface area (TPSA) is 66.5 Å². The lowest BCUT2D eigenvalue weighted by atomic mass is 10.0. The number of nitrogens with zero attached hydrogens (tertiary/aromatic N) is 1. The fourth-order valence-corrected chi connectivity index (χ4v) is 4.36. The quantitative estimate of drug-likeness (QED) is 0.759. The monoisotopic (exact) mass is 304 g/mol. The van der Waals surface area contributed by atoms with E-state index in [4.69, 9.17) is 0 Å². The summed E-state index contributed by atoms with van der Waals surface area (Å²) in [4.78, 5) is 14.1. The molecule has 0 aromatic heterocycles. The fourth-order valence-electron chi connectivity index (χ4n) is 2.50. The van der Waals surface area contributed by atoms with Gasteiger partial charge in [0.05, 0.1) is 18.1 Å². The fraction of sp³-hybridized carbons (Fsp3) is 0.929. The van der Waals surface area contributed by atoms with Crippen molar-refractivity contribution in [3.8, 4) is 0 Å². The Morgan fingerprint density at radius 3 is 2.45 bits per heavy atom. The Morgan fingerprint density at radius 2 is 2.00 bits per heavy atom. The van der Waals surface area contributed by atoms with Crippen LogP contribution in [0, 0.1) is 11.8 Å². The first-order valence-electron chi connectivity index (χ1n) is 7.46. The van der Waals surface area contributed by atoms with Crippen molar-refractivity contribution in [2.24, 2.45) is 11.8 Å². The van der Waals surface area contributed by atoms with Gasteiger partial charge in [-0.2, -0.15) is 0 Å². The highest BCUT2D eigenvalue weighted by molar-refractivity contribution is 7.91. The number of hydrogen-bond acceptors (Lipinski definition) is 4. The highest BCUT2D eigenvalue weighted by Crippen LogP contribution is 2.17. The smallest absolute Gasteiger partial charge is 0.234 e. The zero-order valence-electron chi connectivity index (χ0n) is 13.1. The molecule has 1 saturated heterocycles. The lowest BCUT2D eigenvalue weighted by molar-refractivity contribution is -0.123. The van der Waals surface area contributed by atoms with Crippen molar-refractivity contribution >= 4 is 15.7 Å². The van der Waals surface area contributed by atoms with Gasteiger partial charge in [-0.3, -0.25) is 9.69 Å². The standard InChI is InChI=1S/C14H28N2O3S/c1-5-16(12(4)11(2)3)9-14(17)15-8-13-6-7-20(18,19)10-13/h11-13H,5-10H2,1-4H3,(H,15,17). The summed E-state index contributed by atoms with van der Waals surface area (Å²) in [6, 6.07) is 0.359. The average molecular weight is 304 g/mol. The Kier molecular flexibility index (Phi) is 6.45. The van der Waals surface area contributed by atoms with E-state index in [1.807, 2.05) is 0 Å². The lowest BCUT2D eigenvalue weighted by Gasteiger charge is -2.30. The SMILES string of the molecule is CCN(CC(=O)NCC1CCS(=O)(=O)C1)C(C)C(C)C. The van der Waals surface area contributed by atoms with E-state index >= 15 is 0 Å². The van der Waals surface area contributed by atoms with Gasteiger partial charge in [0.1, 0.15) is 0 Å². The van der Waals surface area contributed by atoms with Gasteiger partial charge < -0.3 is 5.32 Å². The molecular formula is C14H28N2O3S. The second-order valence-corrected chi connectivity index (χ2v) is 8.35. The first kappa shape index (κ1) is 17.4. The second kappa shape index (κ2) is 7.41. The molecule has 118 valence electrons. The third kappa shape index (κ3) is 5.40. The Morgan fingerprint density at radius 1 is 1.35 bits per heavy atom. The molecule has 1 amide bonds. The van der Waals surface area contributed by atoms with E-state index in [9.17, 15) is 13.2 Å². The van der Waals surface area contributed by atoms with Crippen LogP contribution in [0.5, 0.6) is 0 Å². The normalized spacial score (nSPS) is 23.2. The van der Waals surface area contributed by atoms with Gasteiger partial charge in [-0.15, -0.1) is 0 Å². The number of carbonyl (C=O) groups is 1. The van der Waals surface area contributed by atoms with E-state index < -0.39 is 9.84 Å². The molecule has 6 heteroatoms. The molecule has 0 radical (unpaired) electrons. The molecular weight excluding hydrogens is 276 g/mol. The van der Waals surface area contributed by atoms with E-state index in [0.29, 0.717) is 31.5 Å². The summed E-state index contributed by atoms with van der Waals surface area (Å²) < 4.78 is 22.7. The largest absolute Gasteiger partial charge is 0.355 e. The van der Waals surface area contributed by atoms with Gasteiger partial charge in [0.15, 0.2) is 9.84 Å². The maximum Gasteiger partial charge on any atom is 0.234 e. The Hall–Kier alpha value is -0.620.